The molecule has 1 heteroatoms. The van der Waals surface area contributed by atoms with E-state index >= 15 is 0 Å². The Labute approximate surface area is 160 Å². The lowest BCUT2D eigenvalue weighted by atomic mass is 9.95. The molecule has 1 nitrogen and oxygen atoms in total. The van der Waals surface area contributed by atoms with Gasteiger partial charge in [-0.1, -0.05) is 117 Å². The van der Waals surface area contributed by atoms with Gasteiger partial charge in [0, 0.05) is 13.2 Å². The first-order chi connectivity index (χ1) is 12.3. The van der Waals surface area contributed by atoms with Gasteiger partial charge in [-0.05, 0) is 25.2 Å². The van der Waals surface area contributed by atoms with Gasteiger partial charge in [0.25, 0.3) is 0 Å². The van der Waals surface area contributed by atoms with Crippen molar-refractivity contribution in [1.29, 1.82) is 0 Å². The summed E-state index contributed by atoms with van der Waals surface area (Å²) in [6.45, 7) is 8.89. The van der Waals surface area contributed by atoms with Gasteiger partial charge in [0.1, 0.15) is 0 Å². The van der Waals surface area contributed by atoms with E-state index in [-0.39, 0.29) is 0 Å². The third-order valence-electron chi connectivity index (χ3n) is 5.43. The molecular weight excluding hydrogens is 304 g/mol. The van der Waals surface area contributed by atoms with E-state index < -0.39 is 0 Å². The highest BCUT2D eigenvalue weighted by Crippen LogP contribution is 2.20. The molecule has 0 rings (SSSR count). The first-order valence-corrected chi connectivity index (χ1v) is 11.9. The lowest BCUT2D eigenvalue weighted by Crippen LogP contribution is -2.11. The standard InChI is InChI=1S/C24H50O/c1-4-7-10-13-14-16-18-21-24(20-17-15-11-8-5-2)23-25-22-19-12-9-6-3/h24H,4-23H2,1-3H3. The molecule has 1 atom stereocenters. The average molecular weight is 355 g/mol. The van der Waals surface area contributed by atoms with E-state index in [0.29, 0.717) is 0 Å². The van der Waals surface area contributed by atoms with Gasteiger partial charge in [0.15, 0.2) is 0 Å². The lowest BCUT2D eigenvalue weighted by Gasteiger charge is -2.17. The molecule has 25 heavy (non-hydrogen) atoms. The van der Waals surface area contributed by atoms with Crippen LogP contribution in [0.4, 0.5) is 0 Å². The molecule has 0 amide bonds. The van der Waals surface area contributed by atoms with Crippen LogP contribution in [0, 0.1) is 5.92 Å². The molecule has 0 saturated carbocycles. The smallest absolute Gasteiger partial charge is 0.0494 e. The van der Waals surface area contributed by atoms with Crippen LogP contribution in [0.1, 0.15) is 136 Å². The molecular formula is C24H50O. The van der Waals surface area contributed by atoms with E-state index in [9.17, 15) is 0 Å². The van der Waals surface area contributed by atoms with Gasteiger partial charge in [0.2, 0.25) is 0 Å². The van der Waals surface area contributed by atoms with Crippen LogP contribution in [0.5, 0.6) is 0 Å². The summed E-state index contributed by atoms with van der Waals surface area (Å²) >= 11 is 0. The summed E-state index contributed by atoms with van der Waals surface area (Å²) < 4.78 is 6.03. The van der Waals surface area contributed by atoms with E-state index in [4.69, 9.17) is 4.74 Å². The van der Waals surface area contributed by atoms with Gasteiger partial charge in [0.05, 0.1) is 0 Å². The van der Waals surface area contributed by atoms with Crippen LogP contribution in [0.2, 0.25) is 0 Å². The Morgan fingerprint density at radius 2 is 0.880 bits per heavy atom. The fourth-order valence-corrected chi connectivity index (χ4v) is 3.62. The molecule has 0 aliphatic carbocycles. The Hall–Kier alpha value is -0.0400. The highest BCUT2D eigenvalue weighted by atomic mass is 16.5. The van der Waals surface area contributed by atoms with Crippen LogP contribution >= 0.6 is 0 Å². The van der Waals surface area contributed by atoms with E-state index in [0.717, 1.165) is 19.1 Å². The summed E-state index contributed by atoms with van der Waals surface area (Å²) in [5, 5.41) is 0. The molecule has 0 aromatic carbocycles. The number of hydrogen-bond acceptors (Lipinski definition) is 1. The Bertz CT molecular complexity index is 226. The molecule has 0 saturated heterocycles. The largest absolute Gasteiger partial charge is 0.381 e. The van der Waals surface area contributed by atoms with Crippen molar-refractivity contribution in [3.63, 3.8) is 0 Å². The third-order valence-corrected chi connectivity index (χ3v) is 5.43. The average Bonchev–Trinajstić information content (AvgIpc) is 2.62. The summed E-state index contributed by atoms with van der Waals surface area (Å²) in [4.78, 5) is 0. The number of ether oxygens (including phenoxy) is 1. The second-order valence-electron chi connectivity index (χ2n) is 8.11. The Kier molecular flexibility index (Phi) is 22.0. The van der Waals surface area contributed by atoms with Crippen LogP contribution in [0.25, 0.3) is 0 Å². The maximum Gasteiger partial charge on any atom is 0.0494 e. The van der Waals surface area contributed by atoms with Crippen LogP contribution < -0.4 is 0 Å². The second-order valence-corrected chi connectivity index (χ2v) is 8.11. The van der Waals surface area contributed by atoms with E-state index in [1.807, 2.05) is 0 Å². The Morgan fingerprint density at radius 3 is 1.36 bits per heavy atom. The van der Waals surface area contributed by atoms with Crippen LogP contribution in [0.15, 0.2) is 0 Å². The van der Waals surface area contributed by atoms with Crippen LogP contribution in [-0.4, -0.2) is 13.2 Å². The van der Waals surface area contributed by atoms with Crippen LogP contribution in [-0.2, 0) is 4.74 Å². The molecule has 152 valence electrons. The minimum atomic E-state index is 0.823. The van der Waals surface area contributed by atoms with E-state index in [1.54, 1.807) is 0 Å². The van der Waals surface area contributed by atoms with Crippen molar-refractivity contribution in [3.05, 3.63) is 0 Å². The topological polar surface area (TPSA) is 9.23 Å². The third kappa shape index (κ3) is 20.1. The SMILES string of the molecule is CCCCCCCCCC(CCCCCCC)COCCCCCC. The van der Waals surface area contributed by atoms with E-state index in [2.05, 4.69) is 20.8 Å². The molecule has 1 unspecified atom stereocenters. The molecule has 0 N–H and O–H groups in total. The van der Waals surface area contributed by atoms with Gasteiger partial charge < -0.3 is 4.74 Å². The van der Waals surface area contributed by atoms with Crippen molar-refractivity contribution >= 4 is 0 Å². The predicted octanol–water partition coefficient (Wildman–Crippen LogP) is 8.70. The quantitative estimate of drug-likeness (QED) is 0.187. The molecule has 0 aromatic heterocycles. The zero-order chi connectivity index (χ0) is 18.4. The fraction of sp³-hybridized carbons (Fsp3) is 1.00. The highest BCUT2D eigenvalue weighted by Gasteiger charge is 2.09. The number of rotatable bonds is 21. The summed E-state index contributed by atoms with van der Waals surface area (Å²) in [6, 6.07) is 0. The Balaban J connectivity index is 3.74. The monoisotopic (exact) mass is 354 g/mol. The second kappa shape index (κ2) is 22.0. The molecule has 0 aromatic rings. The highest BCUT2D eigenvalue weighted by molar-refractivity contribution is 4.61. The normalized spacial score (nSPS) is 12.6. The zero-order valence-electron chi connectivity index (χ0n) is 18.1. The molecule has 0 fully saturated rings. The summed E-state index contributed by atoms with van der Waals surface area (Å²) in [6.07, 6.45) is 25.1. The van der Waals surface area contributed by atoms with Crippen molar-refractivity contribution in [1.82, 2.24) is 0 Å². The minimum Gasteiger partial charge on any atom is -0.381 e. The predicted molar refractivity (Wildman–Crippen MR) is 114 cm³/mol. The van der Waals surface area contributed by atoms with Crippen molar-refractivity contribution < 1.29 is 4.74 Å². The van der Waals surface area contributed by atoms with Crippen molar-refractivity contribution in [2.75, 3.05) is 13.2 Å². The van der Waals surface area contributed by atoms with Crippen molar-refractivity contribution in [2.24, 2.45) is 5.92 Å². The van der Waals surface area contributed by atoms with Crippen molar-refractivity contribution in [2.45, 2.75) is 136 Å². The van der Waals surface area contributed by atoms with E-state index in [1.165, 1.54) is 116 Å². The molecule has 0 heterocycles. The molecule has 0 aliphatic heterocycles. The summed E-state index contributed by atoms with van der Waals surface area (Å²) in [5.41, 5.74) is 0. The first kappa shape index (κ1) is 25.0. The summed E-state index contributed by atoms with van der Waals surface area (Å²) in [7, 11) is 0. The van der Waals surface area contributed by atoms with Crippen LogP contribution in [0.3, 0.4) is 0 Å². The molecule has 0 spiro atoms. The Morgan fingerprint density at radius 1 is 0.480 bits per heavy atom. The number of unbranched alkanes of at least 4 members (excludes halogenated alkanes) is 13. The first-order valence-electron chi connectivity index (χ1n) is 11.9. The van der Waals surface area contributed by atoms with Gasteiger partial charge >= 0.3 is 0 Å². The lowest BCUT2D eigenvalue weighted by molar-refractivity contribution is 0.0879. The molecule has 0 bridgehead atoms. The maximum atomic E-state index is 6.03. The number of hydrogen-bond donors (Lipinski definition) is 0. The summed E-state index contributed by atoms with van der Waals surface area (Å²) in [5.74, 6) is 0.823. The van der Waals surface area contributed by atoms with Gasteiger partial charge in [-0.3, -0.25) is 0 Å². The zero-order valence-corrected chi connectivity index (χ0v) is 18.1. The molecule has 0 radical (unpaired) electrons. The van der Waals surface area contributed by atoms with Crippen molar-refractivity contribution in [3.8, 4) is 0 Å². The van der Waals surface area contributed by atoms with Gasteiger partial charge in [-0.2, -0.15) is 0 Å². The maximum absolute atomic E-state index is 6.03. The molecule has 0 aliphatic rings. The minimum absolute atomic E-state index is 0.823. The van der Waals surface area contributed by atoms with Gasteiger partial charge in [-0.25, -0.2) is 0 Å². The van der Waals surface area contributed by atoms with Gasteiger partial charge in [-0.15, -0.1) is 0 Å². The fourth-order valence-electron chi connectivity index (χ4n) is 3.62.